The van der Waals surface area contributed by atoms with E-state index in [9.17, 15) is 9.59 Å². The largest absolute Gasteiger partial charge is 0.497 e. The van der Waals surface area contributed by atoms with E-state index in [2.05, 4.69) is 31.8 Å². The van der Waals surface area contributed by atoms with Gasteiger partial charge in [0.05, 0.1) is 20.4 Å². The predicted octanol–water partition coefficient (Wildman–Crippen LogP) is 3.34. The molecular formula is C19H20BrN3O4. The van der Waals surface area contributed by atoms with Gasteiger partial charge in [-0.3, -0.25) is 9.59 Å². The Morgan fingerprint density at radius 2 is 1.85 bits per heavy atom. The lowest BCUT2D eigenvalue weighted by Gasteiger charge is -2.07. The maximum absolute atomic E-state index is 11.9. The van der Waals surface area contributed by atoms with Gasteiger partial charge >= 0.3 is 0 Å². The molecule has 2 aromatic carbocycles. The standard InChI is InChI=1S/C19H20BrN3O4/c1-26-16-6-7-17(27-2)13(10-16)12-21-23-19(25)9-8-18(24)22-15-5-3-4-14(20)11-15/h3-7,10-12H,8-9H2,1-2H3,(H,22,24)(H,23,25). The molecule has 2 amide bonds. The number of carbonyl (C=O) groups is 2. The van der Waals surface area contributed by atoms with Crippen molar-refractivity contribution in [3.63, 3.8) is 0 Å². The molecular weight excluding hydrogens is 414 g/mol. The molecule has 0 saturated carbocycles. The lowest BCUT2D eigenvalue weighted by molar-refractivity contribution is -0.124. The highest BCUT2D eigenvalue weighted by Crippen LogP contribution is 2.22. The van der Waals surface area contributed by atoms with Gasteiger partial charge < -0.3 is 14.8 Å². The minimum atomic E-state index is -0.363. The first-order valence-corrected chi connectivity index (χ1v) is 8.90. The van der Waals surface area contributed by atoms with Crippen LogP contribution in [0, 0.1) is 0 Å². The van der Waals surface area contributed by atoms with Gasteiger partial charge in [-0.1, -0.05) is 22.0 Å². The molecule has 0 heterocycles. The fourth-order valence-corrected chi connectivity index (χ4v) is 2.59. The number of hydrazone groups is 1. The van der Waals surface area contributed by atoms with Gasteiger partial charge in [-0.15, -0.1) is 0 Å². The summed E-state index contributed by atoms with van der Waals surface area (Å²) in [5.41, 5.74) is 3.72. The Morgan fingerprint density at radius 1 is 1.07 bits per heavy atom. The number of rotatable bonds is 8. The SMILES string of the molecule is COc1ccc(OC)c(C=NNC(=O)CCC(=O)Nc2cccc(Br)c2)c1. The molecule has 2 aromatic rings. The second-order valence-corrected chi connectivity index (χ2v) is 6.38. The number of benzene rings is 2. The second-order valence-electron chi connectivity index (χ2n) is 5.46. The van der Waals surface area contributed by atoms with E-state index in [0.29, 0.717) is 22.7 Å². The summed E-state index contributed by atoms with van der Waals surface area (Å²) in [6.45, 7) is 0. The molecule has 0 aromatic heterocycles. The van der Waals surface area contributed by atoms with E-state index < -0.39 is 0 Å². The number of amides is 2. The van der Waals surface area contributed by atoms with Crippen molar-refractivity contribution >= 4 is 39.6 Å². The number of hydrogen-bond donors (Lipinski definition) is 2. The molecule has 2 rings (SSSR count). The molecule has 8 heteroatoms. The molecule has 0 radical (unpaired) electrons. The summed E-state index contributed by atoms with van der Waals surface area (Å²) in [5, 5.41) is 6.63. The Bertz CT molecular complexity index is 839. The Kier molecular flexibility index (Phi) is 7.81. The zero-order chi connectivity index (χ0) is 19.6. The van der Waals surface area contributed by atoms with E-state index in [4.69, 9.17) is 9.47 Å². The van der Waals surface area contributed by atoms with Crippen LogP contribution in [0.2, 0.25) is 0 Å². The van der Waals surface area contributed by atoms with Gasteiger partial charge in [-0.25, -0.2) is 5.43 Å². The van der Waals surface area contributed by atoms with Crippen molar-refractivity contribution in [1.29, 1.82) is 0 Å². The van der Waals surface area contributed by atoms with Crippen molar-refractivity contribution in [1.82, 2.24) is 5.43 Å². The fourth-order valence-electron chi connectivity index (χ4n) is 2.19. The number of nitrogens with one attached hydrogen (secondary N) is 2. The summed E-state index contributed by atoms with van der Waals surface area (Å²) in [6, 6.07) is 12.5. The smallest absolute Gasteiger partial charge is 0.240 e. The summed E-state index contributed by atoms with van der Waals surface area (Å²) < 4.78 is 11.2. The summed E-state index contributed by atoms with van der Waals surface area (Å²) in [6.07, 6.45) is 1.53. The van der Waals surface area contributed by atoms with Gasteiger partial charge in [0, 0.05) is 28.6 Å². The van der Waals surface area contributed by atoms with E-state index in [1.54, 1.807) is 44.6 Å². The highest BCUT2D eigenvalue weighted by Gasteiger charge is 2.07. The lowest BCUT2D eigenvalue weighted by atomic mass is 10.2. The number of nitrogens with zero attached hydrogens (tertiary/aromatic N) is 1. The molecule has 0 saturated heterocycles. The molecule has 0 aliphatic heterocycles. The average molecular weight is 434 g/mol. The monoisotopic (exact) mass is 433 g/mol. The quantitative estimate of drug-likeness (QED) is 0.493. The summed E-state index contributed by atoms with van der Waals surface area (Å²) in [7, 11) is 3.10. The fraction of sp³-hybridized carbons (Fsp3) is 0.211. The average Bonchev–Trinajstić information content (AvgIpc) is 2.66. The number of carbonyl (C=O) groups excluding carboxylic acids is 2. The molecule has 0 aliphatic carbocycles. The van der Waals surface area contributed by atoms with Gasteiger partial charge in [0.2, 0.25) is 11.8 Å². The molecule has 27 heavy (non-hydrogen) atoms. The zero-order valence-electron chi connectivity index (χ0n) is 15.0. The molecule has 142 valence electrons. The van der Waals surface area contributed by atoms with Crippen LogP contribution in [-0.4, -0.2) is 32.2 Å². The van der Waals surface area contributed by atoms with E-state index in [1.165, 1.54) is 6.21 Å². The predicted molar refractivity (Wildman–Crippen MR) is 107 cm³/mol. The zero-order valence-corrected chi connectivity index (χ0v) is 16.6. The molecule has 0 fully saturated rings. The van der Waals surface area contributed by atoms with E-state index in [0.717, 1.165) is 4.47 Å². The van der Waals surface area contributed by atoms with Gasteiger partial charge in [-0.2, -0.15) is 5.10 Å². The third kappa shape index (κ3) is 6.74. The van der Waals surface area contributed by atoms with Crippen LogP contribution < -0.4 is 20.2 Å². The normalized spacial score (nSPS) is 10.5. The summed E-state index contributed by atoms with van der Waals surface area (Å²) >= 11 is 3.33. The maximum atomic E-state index is 11.9. The van der Waals surface area contributed by atoms with E-state index >= 15 is 0 Å². The van der Waals surface area contributed by atoms with Gasteiger partial charge in [0.15, 0.2) is 0 Å². The van der Waals surface area contributed by atoms with Crippen LogP contribution in [0.4, 0.5) is 5.69 Å². The van der Waals surface area contributed by atoms with Crippen molar-refractivity contribution in [2.45, 2.75) is 12.8 Å². The van der Waals surface area contributed by atoms with Gasteiger partial charge in [0.25, 0.3) is 0 Å². The van der Waals surface area contributed by atoms with Crippen LogP contribution in [0.15, 0.2) is 52.0 Å². The Labute approximate surface area is 165 Å². The maximum Gasteiger partial charge on any atom is 0.240 e. The Morgan fingerprint density at radius 3 is 2.56 bits per heavy atom. The van der Waals surface area contributed by atoms with Crippen LogP contribution >= 0.6 is 15.9 Å². The van der Waals surface area contributed by atoms with Crippen LogP contribution in [0.25, 0.3) is 0 Å². The van der Waals surface area contributed by atoms with E-state index in [-0.39, 0.29) is 24.7 Å². The Hall–Kier alpha value is -2.87. The third-order valence-corrected chi connectivity index (χ3v) is 4.01. The van der Waals surface area contributed by atoms with Crippen molar-refractivity contribution in [3.8, 4) is 11.5 Å². The highest BCUT2D eigenvalue weighted by atomic mass is 79.9. The third-order valence-electron chi connectivity index (χ3n) is 3.52. The van der Waals surface area contributed by atoms with Crippen molar-refractivity contribution in [2.75, 3.05) is 19.5 Å². The molecule has 0 bridgehead atoms. The lowest BCUT2D eigenvalue weighted by Crippen LogP contribution is -2.20. The topological polar surface area (TPSA) is 89.0 Å². The van der Waals surface area contributed by atoms with Crippen LogP contribution in [0.3, 0.4) is 0 Å². The highest BCUT2D eigenvalue weighted by molar-refractivity contribution is 9.10. The number of ether oxygens (including phenoxy) is 2. The first-order chi connectivity index (χ1) is 13.0. The minimum absolute atomic E-state index is 0.0203. The van der Waals surface area contributed by atoms with Crippen molar-refractivity contribution in [2.24, 2.45) is 5.10 Å². The number of halogens is 1. The summed E-state index contributed by atoms with van der Waals surface area (Å²) in [5.74, 6) is 0.634. The second kappa shape index (κ2) is 10.3. The first-order valence-electron chi connectivity index (χ1n) is 8.11. The summed E-state index contributed by atoms with van der Waals surface area (Å²) in [4.78, 5) is 23.8. The molecule has 0 unspecified atom stereocenters. The first kappa shape index (κ1) is 20.4. The number of hydrogen-bond acceptors (Lipinski definition) is 5. The number of anilines is 1. The molecule has 0 atom stereocenters. The van der Waals surface area contributed by atoms with Crippen LogP contribution in [-0.2, 0) is 9.59 Å². The number of methoxy groups -OCH3 is 2. The Balaban J connectivity index is 1.82. The molecule has 7 nitrogen and oxygen atoms in total. The van der Waals surface area contributed by atoms with E-state index in [1.807, 2.05) is 12.1 Å². The minimum Gasteiger partial charge on any atom is -0.497 e. The van der Waals surface area contributed by atoms with Gasteiger partial charge in [-0.05, 0) is 36.4 Å². The molecule has 0 aliphatic rings. The van der Waals surface area contributed by atoms with Crippen molar-refractivity contribution in [3.05, 3.63) is 52.5 Å². The van der Waals surface area contributed by atoms with Crippen LogP contribution in [0.5, 0.6) is 11.5 Å². The molecule has 0 spiro atoms. The molecule has 2 N–H and O–H groups in total. The van der Waals surface area contributed by atoms with Gasteiger partial charge in [0.1, 0.15) is 11.5 Å². The van der Waals surface area contributed by atoms with Crippen molar-refractivity contribution < 1.29 is 19.1 Å². The van der Waals surface area contributed by atoms with Crippen LogP contribution in [0.1, 0.15) is 18.4 Å².